The molecule has 0 spiro atoms. The molecule has 2 aromatic heterocycles. The van der Waals surface area contributed by atoms with Crippen LogP contribution in [-0.4, -0.2) is 26.8 Å². The Hall–Kier alpha value is -2.50. The maximum atomic E-state index is 11.9. The van der Waals surface area contributed by atoms with Crippen LogP contribution in [0.3, 0.4) is 0 Å². The van der Waals surface area contributed by atoms with E-state index in [-0.39, 0.29) is 11.9 Å². The number of fused-ring (bicyclic) bond motifs is 1. The summed E-state index contributed by atoms with van der Waals surface area (Å²) in [5, 5.41) is 0. The molecule has 16 heavy (non-hydrogen) atoms. The Morgan fingerprint density at radius 2 is 1.94 bits per heavy atom. The van der Waals surface area contributed by atoms with Gasteiger partial charge < -0.3 is 4.98 Å². The van der Waals surface area contributed by atoms with Crippen LogP contribution in [0.25, 0.3) is 0 Å². The molecule has 6 nitrogen and oxygen atoms in total. The molecule has 1 aliphatic heterocycles. The molecule has 2 aromatic rings. The van der Waals surface area contributed by atoms with E-state index < -0.39 is 5.91 Å². The van der Waals surface area contributed by atoms with E-state index in [1.165, 1.54) is 24.7 Å². The summed E-state index contributed by atoms with van der Waals surface area (Å²) in [6.45, 7) is 0. The van der Waals surface area contributed by atoms with E-state index in [1.807, 2.05) is 0 Å². The molecule has 0 fully saturated rings. The maximum absolute atomic E-state index is 11.9. The number of aromatic amines is 1. The number of carbonyl (C=O) groups is 2. The highest BCUT2D eigenvalue weighted by Crippen LogP contribution is 2.24. The van der Waals surface area contributed by atoms with Gasteiger partial charge in [-0.15, -0.1) is 0 Å². The van der Waals surface area contributed by atoms with Crippen LogP contribution in [0.4, 0.5) is 5.95 Å². The average molecular weight is 214 g/mol. The van der Waals surface area contributed by atoms with Crippen LogP contribution >= 0.6 is 0 Å². The molecule has 2 amide bonds. The van der Waals surface area contributed by atoms with Gasteiger partial charge in [0.05, 0.1) is 11.1 Å². The maximum Gasteiger partial charge on any atom is 0.270 e. The number of hydrogen-bond acceptors (Lipinski definition) is 4. The first-order valence-electron chi connectivity index (χ1n) is 4.61. The number of H-pyrrole nitrogens is 1. The minimum Gasteiger partial charge on any atom is -0.330 e. The Balaban J connectivity index is 2.15. The van der Waals surface area contributed by atoms with Crippen LogP contribution in [0.2, 0.25) is 0 Å². The third-order valence-corrected chi connectivity index (χ3v) is 2.38. The molecular weight excluding hydrogens is 208 g/mol. The van der Waals surface area contributed by atoms with Gasteiger partial charge >= 0.3 is 0 Å². The highest BCUT2D eigenvalue weighted by molar-refractivity contribution is 6.33. The Morgan fingerprint density at radius 1 is 1.12 bits per heavy atom. The number of imide groups is 1. The number of imidazole rings is 1. The molecule has 0 atom stereocenters. The second-order valence-corrected chi connectivity index (χ2v) is 3.28. The number of rotatable bonds is 1. The van der Waals surface area contributed by atoms with Crippen LogP contribution in [0, 0.1) is 0 Å². The van der Waals surface area contributed by atoms with Crippen molar-refractivity contribution in [2.75, 3.05) is 4.90 Å². The predicted octanol–water partition coefficient (Wildman–Crippen LogP) is 0.605. The highest BCUT2D eigenvalue weighted by atomic mass is 16.2. The zero-order valence-electron chi connectivity index (χ0n) is 8.04. The number of nitrogens with one attached hydrogen (secondary N) is 1. The summed E-state index contributed by atoms with van der Waals surface area (Å²) >= 11 is 0. The predicted molar refractivity (Wildman–Crippen MR) is 54.0 cm³/mol. The lowest BCUT2D eigenvalue weighted by Crippen LogP contribution is -2.30. The number of pyridine rings is 1. The van der Waals surface area contributed by atoms with Crippen LogP contribution in [0.1, 0.15) is 20.7 Å². The molecular formula is C10H6N4O2. The van der Waals surface area contributed by atoms with Crippen molar-refractivity contribution in [2.24, 2.45) is 0 Å². The van der Waals surface area contributed by atoms with Crippen LogP contribution in [0.5, 0.6) is 0 Å². The number of hydrogen-bond donors (Lipinski definition) is 1. The van der Waals surface area contributed by atoms with Crippen molar-refractivity contribution in [1.29, 1.82) is 0 Å². The molecule has 3 rings (SSSR count). The normalized spacial score (nSPS) is 14.4. The largest absolute Gasteiger partial charge is 0.330 e. The quantitative estimate of drug-likeness (QED) is 0.705. The van der Waals surface area contributed by atoms with Gasteiger partial charge in [-0.25, -0.2) is 9.88 Å². The monoisotopic (exact) mass is 214 g/mol. The standard InChI is InChI=1S/C10H6N4O2/c15-8-6-1-2-11-5-7(6)9(16)14(8)10-12-3-4-13-10/h1-5H,(H,12,13). The first kappa shape index (κ1) is 8.78. The Kier molecular flexibility index (Phi) is 1.64. The van der Waals surface area contributed by atoms with Gasteiger partial charge in [-0.05, 0) is 6.07 Å². The lowest BCUT2D eigenvalue weighted by Gasteiger charge is -2.08. The number of carbonyl (C=O) groups excluding carboxylic acids is 2. The second-order valence-electron chi connectivity index (χ2n) is 3.28. The lowest BCUT2D eigenvalue weighted by atomic mass is 10.2. The molecule has 3 heterocycles. The molecule has 0 aromatic carbocycles. The van der Waals surface area contributed by atoms with Gasteiger partial charge in [-0.1, -0.05) is 0 Å². The molecule has 1 N–H and O–H groups in total. The lowest BCUT2D eigenvalue weighted by molar-refractivity contribution is 0.0924. The van der Waals surface area contributed by atoms with Crippen molar-refractivity contribution in [3.63, 3.8) is 0 Å². The van der Waals surface area contributed by atoms with Crippen LogP contribution < -0.4 is 4.90 Å². The summed E-state index contributed by atoms with van der Waals surface area (Å²) in [6, 6.07) is 1.53. The molecule has 0 saturated heterocycles. The Labute approximate surface area is 89.9 Å². The molecule has 0 unspecified atom stereocenters. The fourth-order valence-electron chi connectivity index (χ4n) is 1.66. The number of nitrogens with zero attached hydrogens (tertiary/aromatic N) is 3. The Bertz CT molecular complexity index is 541. The zero-order valence-corrected chi connectivity index (χ0v) is 8.04. The first-order chi connectivity index (χ1) is 7.79. The zero-order chi connectivity index (χ0) is 11.1. The molecule has 0 bridgehead atoms. The minimum atomic E-state index is -0.400. The van der Waals surface area contributed by atoms with E-state index in [1.54, 1.807) is 6.20 Å². The van der Waals surface area contributed by atoms with E-state index in [0.717, 1.165) is 4.90 Å². The van der Waals surface area contributed by atoms with Gasteiger partial charge in [-0.3, -0.25) is 14.6 Å². The number of aromatic nitrogens is 3. The third kappa shape index (κ3) is 1.01. The summed E-state index contributed by atoms with van der Waals surface area (Å²) in [4.78, 5) is 35.3. The van der Waals surface area contributed by atoms with Gasteiger partial charge in [0, 0.05) is 24.8 Å². The van der Waals surface area contributed by atoms with Gasteiger partial charge in [0.15, 0.2) is 0 Å². The third-order valence-electron chi connectivity index (χ3n) is 2.38. The van der Waals surface area contributed by atoms with Crippen molar-refractivity contribution < 1.29 is 9.59 Å². The smallest absolute Gasteiger partial charge is 0.270 e. The van der Waals surface area contributed by atoms with Crippen LogP contribution in [-0.2, 0) is 0 Å². The van der Waals surface area contributed by atoms with Gasteiger partial charge in [0.25, 0.3) is 11.8 Å². The van der Waals surface area contributed by atoms with E-state index >= 15 is 0 Å². The first-order valence-corrected chi connectivity index (χ1v) is 4.61. The fraction of sp³-hybridized carbons (Fsp3) is 0. The van der Waals surface area contributed by atoms with Crippen LogP contribution in [0.15, 0.2) is 30.9 Å². The van der Waals surface area contributed by atoms with Gasteiger partial charge in [0.2, 0.25) is 5.95 Å². The van der Waals surface area contributed by atoms with Gasteiger partial charge in [0.1, 0.15) is 0 Å². The van der Waals surface area contributed by atoms with Crippen molar-refractivity contribution in [1.82, 2.24) is 15.0 Å². The topological polar surface area (TPSA) is 79.0 Å². The SMILES string of the molecule is O=C1c2ccncc2C(=O)N1c1ncc[nH]1. The highest BCUT2D eigenvalue weighted by Gasteiger charge is 2.37. The van der Waals surface area contributed by atoms with Crippen molar-refractivity contribution >= 4 is 17.8 Å². The molecule has 1 aliphatic rings. The molecule has 6 heteroatoms. The molecule has 0 saturated carbocycles. The summed E-state index contributed by atoms with van der Waals surface area (Å²) in [5.74, 6) is -0.549. The van der Waals surface area contributed by atoms with E-state index in [4.69, 9.17) is 0 Å². The fourth-order valence-corrected chi connectivity index (χ4v) is 1.66. The van der Waals surface area contributed by atoms with Crippen molar-refractivity contribution in [3.05, 3.63) is 42.0 Å². The summed E-state index contributed by atoms with van der Waals surface area (Å²) in [7, 11) is 0. The van der Waals surface area contributed by atoms with Crippen molar-refractivity contribution in [2.45, 2.75) is 0 Å². The second kappa shape index (κ2) is 2.99. The van der Waals surface area contributed by atoms with E-state index in [9.17, 15) is 9.59 Å². The van der Waals surface area contributed by atoms with Crippen molar-refractivity contribution in [3.8, 4) is 0 Å². The van der Waals surface area contributed by atoms with Gasteiger partial charge in [-0.2, -0.15) is 0 Å². The molecule has 78 valence electrons. The minimum absolute atomic E-state index is 0.228. The molecule has 0 radical (unpaired) electrons. The Morgan fingerprint density at radius 3 is 2.62 bits per heavy atom. The van der Waals surface area contributed by atoms with E-state index in [0.29, 0.717) is 11.1 Å². The summed E-state index contributed by atoms with van der Waals surface area (Å²) < 4.78 is 0. The number of amides is 2. The number of anilines is 1. The molecule has 0 aliphatic carbocycles. The average Bonchev–Trinajstić information content (AvgIpc) is 2.89. The summed E-state index contributed by atoms with van der Waals surface area (Å²) in [6.07, 6.45) is 5.91. The summed E-state index contributed by atoms with van der Waals surface area (Å²) in [5.41, 5.74) is 0.667. The van der Waals surface area contributed by atoms with E-state index in [2.05, 4.69) is 15.0 Å².